The molecule has 118 valence electrons. The molecule has 4 N–H and O–H groups in total. The number of nitrogens with two attached hydrogens (primary N) is 1. The zero-order chi connectivity index (χ0) is 15.7. The molecule has 0 aromatic heterocycles. The molecule has 0 bridgehead atoms. The first-order valence-electron chi connectivity index (χ1n) is 7.33. The second-order valence-corrected chi connectivity index (χ2v) is 8.40. The summed E-state index contributed by atoms with van der Waals surface area (Å²) >= 11 is 0. The smallest absolute Gasteiger partial charge is 0.242 e. The van der Waals surface area contributed by atoms with Gasteiger partial charge in [0.1, 0.15) is 4.90 Å². The Balaban J connectivity index is 2.08. The molecule has 2 rings (SSSR count). The van der Waals surface area contributed by atoms with Crippen LogP contribution < -0.4 is 15.8 Å². The molecule has 6 heteroatoms. The van der Waals surface area contributed by atoms with Crippen LogP contribution in [0.2, 0.25) is 0 Å². The Bertz CT molecular complexity index is 601. The maximum atomic E-state index is 11.8. The molecule has 1 aliphatic carbocycles. The Kier molecular flexibility index (Phi) is 4.49. The second kappa shape index (κ2) is 5.85. The van der Waals surface area contributed by atoms with Gasteiger partial charge in [0.05, 0.1) is 5.69 Å². The van der Waals surface area contributed by atoms with E-state index >= 15 is 0 Å². The first kappa shape index (κ1) is 16.1. The first-order valence-corrected chi connectivity index (χ1v) is 8.81. The molecule has 0 atom stereocenters. The third-order valence-electron chi connectivity index (χ3n) is 4.28. The number of sulfonamides is 1. The Morgan fingerprint density at radius 1 is 1.24 bits per heavy atom. The normalized spacial score (nSPS) is 19.4. The summed E-state index contributed by atoms with van der Waals surface area (Å²) in [5.41, 5.74) is 7.46. The minimum atomic E-state index is -3.50. The quantitative estimate of drug-likeness (QED) is 0.746. The van der Waals surface area contributed by atoms with Gasteiger partial charge in [-0.3, -0.25) is 0 Å². The topological polar surface area (TPSA) is 84.2 Å². The summed E-state index contributed by atoms with van der Waals surface area (Å²) in [6.45, 7) is 4.61. The van der Waals surface area contributed by atoms with E-state index in [9.17, 15) is 8.42 Å². The highest BCUT2D eigenvalue weighted by Gasteiger charge is 2.26. The fourth-order valence-corrected chi connectivity index (χ4v) is 3.61. The van der Waals surface area contributed by atoms with Gasteiger partial charge in [0, 0.05) is 11.7 Å². The molecule has 1 aromatic carbocycles. The third-order valence-corrected chi connectivity index (χ3v) is 5.77. The van der Waals surface area contributed by atoms with Gasteiger partial charge in [-0.2, -0.15) is 0 Å². The van der Waals surface area contributed by atoms with Gasteiger partial charge in [-0.1, -0.05) is 13.8 Å². The number of rotatable bonds is 4. The Morgan fingerprint density at radius 2 is 1.86 bits per heavy atom. The van der Waals surface area contributed by atoms with Crippen molar-refractivity contribution in [2.24, 2.45) is 5.41 Å². The van der Waals surface area contributed by atoms with Crippen molar-refractivity contribution in [1.29, 1.82) is 0 Å². The van der Waals surface area contributed by atoms with Crippen molar-refractivity contribution >= 4 is 21.4 Å². The zero-order valence-electron chi connectivity index (χ0n) is 12.9. The van der Waals surface area contributed by atoms with Gasteiger partial charge in [0.15, 0.2) is 0 Å². The van der Waals surface area contributed by atoms with Crippen molar-refractivity contribution in [3.05, 3.63) is 18.2 Å². The van der Waals surface area contributed by atoms with E-state index in [1.807, 2.05) is 0 Å². The summed E-state index contributed by atoms with van der Waals surface area (Å²) in [5, 5.41) is 3.46. The van der Waals surface area contributed by atoms with Crippen LogP contribution in [0.5, 0.6) is 0 Å². The van der Waals surface area contributed by atoms with Crippen LogP contribution in [0.25, 0.3) is 0 Å². The predicted molar refractivity (Wildman–Crippen MR) is 86.8 cm³/mol. The Hall–Kier alpha value is -1.27. The summed E-state index contributed by atoms with van der Waals surface area (Å²) in [7, 11) is -2.12. The van der Waals surface area contributed by atoms with Crippen LogP contribution in [0.15, 0.2) is 23.1 Å². The zero-order valence-corrected chi connectivity index (χ0v) is 13.8. The molecule has 0 spiro atoms. The van der Waals surface area contributed by atoms with Crippen molar-refractivity contribution in [3.8, 4) is 0 Å². The SMILES string of the molecule is CNS(=O)(=O)c1ccc(NC2CCC(C)(C)CC2)cc1N. The van der Waals surface area contributed by atoms with Gasteiger partial charge in [-0.25, -0.2) is 13.1 Å². The molecule has 1 fully saturated rings. The van der Waals surface area contributed by atoms with Crippen LogP contribution >= 0.6 is 0 Å². The van der Waals surface area contributed by atoms with Crippen LogP contribution in [0.4, 0.5) is 11.4 Å². The lowest BCUT2D eigenvalue weighted by molar-refractivity contribution is 0.232. The molecular formula is C15H25N3O2S. The summed E-state index contributed by atoms with van der Waals surface area (Å²) in [6, 6.07) is 5.46. The van der Waals surface area contributed by atoms with Gasteiger partial charge in [0.2, 0.25) is 10.0 Å². The molecule has 1 aliphatic rings. The largest absolute Gasteiger partial charge is 0.398 e. The second-order valence-electron chi connectivity index (χ2n) is 6.54. The summed E-state index contributed by atoms with van der Waals surface area (Å²) in [5.74, 6) is 0. The highest BCUT2D eigenvalue weighted by atomic mass is 32.2. The van der Waals surface area contributed by atoms with Crippen LogP contribution in [0.1, 0.15) is 39.5 Å². The lowest BCUT2D eigenvalue weighted by Crippen LogP contribution is -2.29. The Morgan fingerprint density at radius 3 is 2.38 bits per heavy atom. The van der Waals surface area contributed by atoms with E-state index in [4.69, 9.17) is 5.73 Å². The first-order chi connectivity index (χ1) is 9.73. The van der Waals surface area contributed by atoms with Crippen LogP contribution in [0.3, 0.4) is 0 Å². The highest BCUT2D eigenvalue weighted by molar-refractivity contribution is 7.89. The lowest BCUT2D eigenvalue weighted by atomic mass is 9.75. The molecule has 0 aliphatic heterocycles. The number of nitrogens with one attached hydrogen (secondary N) is 2. The fourth-order valence-electron chi connectivity index (χ4n) is 2.77. The average molecular weight is 311 g/mol. The van der Waals surface area contributed by atoms with Gasteiger partial charge in [-0.15, -0.1) is 0 Å². The van der Waals surface area contributed by atoms with Gasteiger partial charge < -0.3 is 11.1 Å². The monoisotopic (exact) mass is 311 g/mol. The van der Waals surface area contributed by atoms with E-state index in [0.29, 0.717) is 11.5 Å². The molecule has 0 radical (unpaired) electrons. The van der Waals surface area contributed by atoms with Gasteiger partial charge >= 0.3 is 0 Å². The number of hydrogen-bond acceptors (Lipinski definition) is 4. The van der Waals surface area contributed by atoms with Crippen LogP contribution in [-0.2, 0) is 10.0 Å². The van der Waals surface area contributed by atoms with E-state index < -0.39 is 10.0 Å². The summed E-state index contributed by atoms with van der Waals surface area (Å²) in [6.07, 6.45) is 4.66. The van der Waals surface area contributed by atoms with Crippen molar-refractivity contribution < 1.29 is 8.42 Å². The summed E-state index contributed by atoms with van der Waals surface area (Å²) in [4.78, 5) is 0.125. The van der Waals surface area contributed by atoms with Crippen LogP contribution in [-0.4, -0.2) is 21.5 Å². The maximum absolute atomic E-state index is 11.8. The molecule has 0 amide bonds. The highest BCUT2D eigenvalue weighted by Crippen LogP contribution is 2.36. The molecule has 0 saturated heterocycles. The predicted octanol–water partition coefficient (Wildman–Crippen LogP) is 2.56. The van der Waals surface area contributed by atoms with E-state index in [1.165, 1.54) is 19.9 Å². The van der Waals surface area contributed by atoms with Gasteiger partial charge in [0.25, 0.3) is 0 Å². The standard InChI is InChI=1S/C15H25N3O2S/c1-15(2)8-6-11(7-9-15)18-12-4-5-14(13(16)10-12)21(19,20)17-3/h4-5,10-11,17-18H,6-9,16H2,1-3H3. The molecule has 5 nitrogen and oxygen atoms in total. The van der Waals surface area contributed by atoms with Crippen molar-refractivity contribution in [2.45, 2.75) is 50.5 Å². The molecular weight excluding hydrogens is 286 g/mol. The van der Waals surface area contributed by atoms with E-state index in [1.54, 1.807) is 18.2 Å². The number of anilines is 2. The minimum absolute atomic E-state index is 0.125. The van der Waals surface area contributed by atoms with Gasteiger partial charge in [-0.05, 0) is 56.3 Å². The molecule has 1 saturated carbocycles. The third kappa shape index (κ3) is 3.89. The molecule has 0 heterocycles. The van der Waals surface area contributed by atoms with E-state index in [2.05, 4.69) is 23.9 Å². The summed E-state index contributed by atoms with van der Waals surface area (Å²) < 4.78 is 25.8. The number of benzene rings is 1. The van der Waals surface area contributed by atoms with E-state index in [-0.39, 0.29) is 10.6 Å². The van der Waals surface area contributed by atoms with Crippen molar-refractivity contribution in [1.82, 2.24) is 4.72 Å². The number of nitrogen functional groups attached to an aromatic ring is 1. The van der Waals surface area contributed by atoms with Crippen LogP contribution in [0, 0.1) is 5.41 Å². The minimum Gasteiger partial charge on any atom is -0.398 e. The molecule has 1 aromatic rings. The Labute approximate surface area is 127 Å². The van der Waals surface area contributed by atoms with Crippen molar-refractivity contribution in [2.75, 3.05) is 18.1 Å². The van der Waals surface area contributed by atoms with E-state index in [0.717, 1.165) is 18.5 Å². The number of hydrogen-bond donors (Lipinski definition) is 3. The molecule has 21 heavy (non-hydrogen) atoms. The molecule has 0 unspecified atom stereocenters. The lowest BCUT2D eigenvalue weighted by Gasteiger charge is -2.35. The fraction of sp³-hybridized carbons (Fsp3) is 0.600. The average Bonchev–Trinajstić information content (AvgIpc) is 2.41. The van der Waals surface area contributed by atoms with Crippen molar-refractivity contribution in [3.63, 3.8) is 0 Å². The maximum Gasteiger partial charge on any atom is 0.242 e.